The Kier molecular flexibility index (Phi) is 4.84. The molecule has 0 unspecified atom stereocenters. The van der Waals surface area contributed by atoms with Crippen molar-refractivity contribution in [2.24, 2.45) is 0 Å². The lowest BCUT2D eigenvalue weighted by atomic mass is 10.1. The van der Waals surface area contributed by atoms with E-state index in [1.165, 1.54) is 4.57 Å². The molecule has 1 amide bonds. The van der Waals surface area contributed by atoms with E-state index in [1.807, 2.05) is 37.3 Å². The van der Waals surface area contributed by atoms with Crippen molar-refractivity contribution in [3.8, 4) is 5.75 Å². The van der Waals surface area contributed by atoms with Gasteiger partial charge in [0.25, 0.3) is 5.56 Å². The van der Waals surface area contributed by atoms with Crippen LogP contribution in [0.2, 0.25) is 0 Å². The first-order valence-corrected chi connectivity index (χ1v) is 8.20. The molecule has 1 aromatic heterocycles. The predicted molar refractivity (Wildman–Crippen MR) is 99.2 cm³/mol. The molecule has 0 fully saturated rings. The van der Waals surface area contributed by atoms with Crippen LogP contribution in [0, 0.1) is 6.92 Å². The number of para-hydroxylation sites is 1. The maximum Gasteiger partial charge on any atom is 0.254 e. The number of nitrogens with one attached hydrogen (secondary N) is 1. The minimum atomic E-state index is -0.248. The topological polar surface area (TPSA) is 60.3 Å². The van der Waals surface area contributed by atoms with E-state index in [1.54, 1.807) is 31.2 Å². The summed E-state index contributed by atoms with van der Waals surface area (Å²) >= 11 is 0. The number of nitrogens with zero attached hydrogens (tertiary/aromatic N) is 1. The van der Waals surface area contributed by atoms with Crippen molar-refractivity contribution in [3.63, 3.8) is 0 Å². The van der Waals surface area contributed by atoms with Crippen molar-refractivity contribution >= 4 is 22.5 Å². The van der Waals surface area contributed by atoms with Gasteiger partial charge in [-0.05, 0) is 55.6 Å². The van der Waals surface area contributed by atoms with Crippen LogP contribution in [0.25, 0.3) is 10.9 Å². The molecule has 2 aromatic carbocycles. The predicted octanol–water partition coefficient (Wildman–Crippen LogP) is 3.35. The van der Waals surface area contributed by atoms with Gasteiger partial charge in [0.1, 0.15) is 12.3 Å². The highest BCUT2D eigenvalue weighted by molar-refractivity contribution is 5.91. The van der Waals surface area contributed by atoms with Gasteiger partial charge in [-0.1, -0.05) is 18.2 Å². The number of carbonyl (C=O) groups excluding carboxylic acids is 1. The third kappa shape index (κ3) is 3.71. The molecule has 5 nitrogen and oxygen atoms in total. The Morgan fingerprint density at radius 1 is 1.12 bits per heavy atom. The minimum Gasteiger partial charge on any atom is -0.494 e. The number of benzene rings is 2. The summed E-state index contributed by atoms with van der Waals surface area (Å²) in [6, 6.07) is 16.6. The normalized spacial score (nSPS) is 10.6. The SMILES string of the molecule is CCOc1ccc(NC(=O)Cn2c(=O)c(C)cc3ccccc32)cc1. The van der Waals surface area contributed by atoms with E-state index in [4.69, 9.17) is 4.74 Å². The fraction of sp³-hybridized carbons (Fsp3) is 0.200. The second-order valence-corrected chi connectivity index (χ2v) is 5.78. The van der Waals surface area contributed by atoms with Crippen LogP contribution in [0.3, 0.4) is 0 Å². The first-order valence-electron chi connectivity index (χ1n) is 8.20. The smallest absolute Gasteiger partial charge is 0.254 e. The van der Waals surface area contributed by atoms with Gasteiger partial charge in [0.2, 0.25) is 5.91 Å². The number of fused-ring (bicyclic) bond motifs is 1. The number of ether oxygens (including phenoxy) is 1. The average molecular weight is 336 g/mol. The number of rotatable bonds is 5. The summed E-state index contributed by atoms with van der Waals surface area (Å²) < 4.78 is 6.89. The molecular formula is C20H20N2O3. The fourth-order valence-corrected chi connectivity index (χ4v) is 2.77. The Hall–Kier alpha value is -3.08. The van der Waals surface area contributed by atoms with Crippen LogP contribution >= 0.6 is 0 Å². The Morgan fingerprint density at radius 2 is 1.84 bits per heavy atom. The van der Waals surface area contributed by atoms with Gasteiger partial charge in [-0.25, -0.2) is 0 Å². The highest BCUT2D eigenvalue weighted by Crippen LogP contribution is 2.16. The van der Waals surface area contributed by atoms with Gasteiger partial charge in [-0.15, -0.1) is 0 Å². The lowest BCUT2D eigenvalue weighted by Gasteiger charge is -2.12. The lowest BCUT2D eigenvalue weighted by Crippen LogP contribution is -2.29. The third-order valence-corrected chi connectivity index (χ3v) is 3.93. The van der Waals surface area contributed by atoms with Crippen molar-refractivity contribution < 1.29 is 9.53 Å². The molecule has 0 saturated heterocycles. The summed E-state index contributed by atoms with van der Waals surface area (Å²) in [7, 11) is 0. The quantitative estimate of drug-likeness (QED) is 0.777. The molecule has 128 valence electrons. The Labute approximate surface area is 145 Å². The summed E-state index contributed by atoms with van der Waals surface area (Å²) in [6.45, 7) is 4.23. The molecule has 0 atom stereocenters. The lowest BCUT2D eigenvalue weighted by molar-refractivity contribution is -0.116. The number of amides is 1. The van der Waals surface area contributed by atoms with Crippen molar-refractivity contribution in [1.82, 2.24) is 4.57 Å². The van der Waals surface area contributed by atoms with Crippen LogP contribution in [0.5, 0.6) is 5.75 Å². The van der Waals surface area contributed by atoms with Gasteiger partial charge >= 0.3 is 0 Å². The van der Waals surface area contributed by atoms with E-state index in [0.717, 1.165) is 16.7 Å². The van der Waals surface area contributed by atoms with Gasteiger partial charge in [-0.3, -0.25) is 14.2 Å². The first-order chi connectivity index (χ1) is 12.1. The van der Waals surface area contributed by atoms with Crippen molar-refractivity contribution in [1.29, 1.82) is 0 Å². The van der Waals surface area contributed by atoms with Gasteiger partial charge in [0.05, 0.1) is 12.1 Å². The number of anilines is 1. The summed E-state index contributed by atoms with van der Waals surface area (Å²) in [4.78, 5) is 24.9. The monoisotopic (exact) mass is 336 g/mol. The number of hydrogen-bond donors (Lipinski definition) is 1. The zero-order valence-corrected chi connectivity index (χ0v) is 14.3. The van der Waals surface area contributed by atoms with Gasteiger partial charge in [0, 0.05) is 11.3 Å². The summed E-state index contributed by atoms with van der Waals surface area (Å²) in [6.07, 6.45) is 0. The molecule has 3 aromatic rings. The Balaban J connectivity index is 1.82. The number of pyridine rings is 1. The van der Waals surface area contributed by atoms with Crippen LogP contribution in [0.4, 0.5) is 5.69 Å². The molecule has 0 aliphatic rings. The van der Waals surface area contributed by atoms with Gasteiger partial charge in [-0.2, -0.15) is 0 Å². The van der Waals surface area contributed by atoms with Crippen molar-refractivity contribution in [2.75, 3.05) is 11.9 Å². The summed E-state index contributed by atoms with van der Waals surface area (Å²) in [5, 5.41) is 3.76. The fourth-order valence-electron chi connectivity index (χ4n) is 2.77. The Bertz CT molecular complexity index is 959. The highest BCUT2D eigenvalue weighted by Gasteiger charge is 2.10. The second kappa shape index (κ2) is 7.21. The molecule has 1 heterocycles. The van der Waals surface area contributed by atoms with Crippen LogP contribution in [-0.4, -0.2) is 17.1 Å². The molecule has 25 heavy (non-hydrogen) atoms. The van der Waals surface area contributed by atoms with E-state index in [0.29, 0.717) is 17.9 Å². The van der Waals surface area contributed by atoms with Crippen molar-refractivity contribution in [2.45, 2.75) is 20.4 Å². The minimum absolute atomic E-state index is 0.0335. The van der Waals surface area contributed by atoms with Gasteiger partial charge in [0.15, 0.2) is 0 Å². The second-order valence-electron chi connectivity index (χ2n) is 5.78. The molecule has 0 aliphatic heterocycles. The third-order valence-electron chi connectivity index (χ3n) is 3.93. The maximum absolute atomic E-state index is 12.5. The molecule has 0 saturated carbocycles. The number of aryl methyl sites for hydroxylation is 1. The number of carbonyl (C=O) groups is 1. The van der Waals surface area contributed by atoms with Gasteiger partial charge < -0.3 is 10.1 Å². The molecule has 0 bridgehead atoms. The van der Waals surface area contributed by atoms with E-state index in [9.17, 15) is 9.59 Å². The molecule has 1 N–H and O–H groups in total. The number of aromatic nitrogens is 1. The molecular weight excluding hydrogens is 316 g/mol. The van der Waals surface area contributed by atoms with Crippen LogP contribution in [0.1, 0.15) is 12.5 Å². The molecule has 0 spiro atoms. The molecule has 0 radical (unpaired) electrons. The largest absolute Gasteiger partial charge is 0.494 e. The van der Waals surface area contributed by atoms with E-state index in [-0.39, 0.29) is 18.0 Å². The average Bonchev–Trinajstić information content (AvgIpc) is 2.61. The first kappa shape index (κ1) is 16.8. The molecule has 3 rings (SSSR count). The summed E-state index contributed by atoms with van der Waals surface area (Å²) in [5.74, 6) is 0.503. The molecule has 0 aliphatic carbocycles. The zero-order valence-electron chi connectivity index (χ0n) is 14.3. The van der Waals surface area contributed by atoms with Crippen LogP contribution in [0.15, 0.2) is 59.4 Å². The zero-order chi connectivity index (χ0) is 17.8. The van der Waals surface area contributed by atoms with E-state index in [2.05, 4.69) is 5.32 Å². The Morgan fingerprint density at radius 3 is 2.56 bits per heavy atom. The molecule has 5 heteroatoms. The number of hydrogen-bond acceptors (Lipinski definition) is 3. The van der Waals surface area contributed by atoms with E-state index < -0.39 is 0 Å². The standard InChI is InChI=1S/C20H20N2O3/c1-3-25-17-10-8-16(9-11-17)21-19(23)13-22-18-7-5-4-6-15(18)12-14(2)20(22)24/h4-12H,3,13H2,1-2H3,(H,21,23). The van der Waals surface area contributed by atoms with Crippen LogP contribution in [-0.2, 0) is 11.3 Å². The maximum atomic E-state index is 12.5. The highest BCUT2D eigenvalue weighted by atomic mass is 16.5. The van der Waals surface area contributed by atoms with Crippen molar-refractivity contribution in [3.05, 3.63) is 70.5 Å². The summed E-state index contributed by atoms with van der Waals surface area (Å²) in [5.41, 5.74) is 1.88. The van der Waals surface area contributed by atoms with Crippen LogP contribution < -0.4 is 15.6 Å². The van der Waals surface area contributed by atoms with E-state index >= 15 is 0 Å².